The van der Waals surface area contributed by atoms with E-state index in [-0.39, 0.29) is 5.41 Å². The van der Waals surface area contributed by atoms with Crippen LogP contribution < -0.4 is 9.80 Å². The summed E-state index contributed by atoms with van der Waals surface area (Å²) in [5.74, 6) is 0. The Kier molecular flexibility index (Phi) is 9.87. The van der Waals surface area contributed by atoms with E-state index in [1.54, 1.807) is 0 Å². The molecule has 0 saturated heterocycles. The number of hydrogen-bond donors (Lipinski definition) is 0. The van der Waals surface area contributed by atoms with Gasteiger partial charge in [-0.25, -0.2) is 0 Å². The lowest BCUT2D eigenvalue weighted by Gasteiger charge is -2.28. The molecule has 3 nitrogen and oxygen atoms in total. The highest BCUT2D eigenvalue weighted by atomic mass is 15.2. The van der Waals surface area contributed by atoms with Crippen LogP contribution in [-0.4, -0.2) is 4.98 Å². The first-order valence-electron chi connectivity index (χ1n) is 25.3. The number of nitrogens with zero attached hydrogens (tertiary/aromatic N) is 3. The SMILES string of the molecule is CC1(C)c2ccccc2-c2ccc(-c3c4cc(N(c5ccccc5)c5ccc6ccccc6c5)ccc4c(-c4ccc5ccccc5c4)c4cc(N(c5ccccc5)c5ccc6ccccc6c5)cnc34)cc21. The highest BCUT2D eigenvalue weighted by Gasteiger charge is 2.36. The van der Waals surface area contributed by atoms with E-state index in [0.717, 1.165) is 78.1 Å². The van der Waals surface area contributed by atoms with Gasteiger partial charge in [0.25, 0.3) is 0 Å². The average Bonchev–Trinajstić information content (AvgIpc) is 3.67. The van der Waals surface area contributed by atoms with E-state index < -0.39 is 0 Å². The molecule has 0 radical (unpaired) electrons. The van der Waals surface area contributed by atoms with E-state index >= 15 is 0 Å². The molecule has 1 aromatic heterocycles. The van der Waals surface area contributed by atoms with Gasteiger partial charge in [-0.05, 0) is 161 Å². The standard InChI is InChI=1S/C70H49N3/c1-70(2)65-28-16-15-27-60(65)61-37-33-53(42-66(61)70)68-63-43-58(72(54-23-5-3-6-24-54)56-34-31-47-18-10-13-21-50(47)40-56)36-38-62(63)67(52-30-29-46-17-9-12-20-49(46)39-52)64-44-59(45-71-69(64)68)73(55-25-7-4-8-26-55)57-35-32-48-19-11-14-22-51(48)41-57/h3-45H,1-2H3. The van der Waals surface area contributed by atoms with Crippen molar-refractivity contribution in [1.29, 1.82) is 0 Å². The van der Waals surface area contributed by atoms with Gasteiger partial charge in [0.2, 0.25) is 0 Å². The Morgan fingerprint density at radius 2 is 0.767 bits per heavy atom. The van der Waals surface area contributed by atoms with E-state index in [4.69, 9.17) is 4.98 Å². The van der Waals surface area contributed by atoms with Crippen molar-refractivity contribution in [3.63, 3.8) is 0 Å². The topological polar surface area (TPSA) is 19.4 Å². The molecule has 73 heavy (non-hydrogen) atoms. The molecule has 0 saturated carbocycles. The van der Waals surface area contributed by atoms with Gasteiger partial charge < -0.3 is 9.80 Å². The Hall–Kier alpha value is -9.31. The zero-order valence-electron chi connectivity index (χ0n) is 40.7. The largest absolute Gasteiger partial charge is 0.310 e. The quantitative estimate of drug-likeness (QED) is 0.142. The van der Waals surface area contributed by atoms with Crippen LogP contribution in [-0.2, 0) is 5.41 Å². The van der Waals surface area contributed by atoms with Crippen molar-refractivity contribution in [2.75, 3.05) is 9.80 Å². The minimum atomic E-state index is -0.194. The number of fused-ring (bicyclic) bond motifs is 8. The second-order valence-electron chi connectivity index (χ2n) is 20.0. The summed E-state index contributed by atoms with van der Waals surface area (Å²) in [6, 6.07) is 93.4. The first-order chi connectivity index (χ1) is 35.9. The van der Waals surface area contributed by atoms with Crippen molar-refractivity contribution in [3.8, 4) is 33.4 Å². The lowest BCUT2D eigenvalue weighted by atomic mass is 9.80. The van der Waals surface area contributed by atoms with Crippen LogP contribution in [0.25, 0.3) is 87.4 Å². The number of anilines is 6. The molecule has 1 aliphatic rings. The number of rotatable bonds is 8. The van der Waals surface area contributed by atoms with Gasteiger partial charge in [0.15, 0.2) is 0 Å². The van der Waals surface area contributed by atoms with Crippen LogP contribution in [0.5, 0.6) is 0 Å². The second-order valence-corrected chi connectivity index (χ2v) is 20.0. The molecule has 0 amide bonds. The molecule has 3 heteroatoms. The van der Waals surface area contributed by atoms with Gasteiger partial charge in [-0.3, -0.25) is 4.98 Å². The molecule has 344 valence electrons. The van der Waals surface area contributed by atoms with Gasteiger partial charge in [-0.15, -0.1) is 0 Å². The molecule has 0 N–H and O–H groups in total. The number of benzene rings is 12. The third-order valence-electron chi connectivity index (χ3n) is 15.4. The molecule has 0 spiro atoms. The number of hydrogen-bond acceptors (Lipinski definition) is 3. The molecule has 0 atom stereocenters. The Bertz CT molecular complexity index is 4310. The van der Waals surface area contributed by atoms with E-state index in [1.807, 2.05) is 0 Å². The summed E-state index contributed by atoms with van der Waals surface area (Å²) >= 11 is 0. The molecule has 12 aromatic carbocycles. The summed E-state index contributed by atoms with van der Waals surface area (Å²) in [5.41, 5.74) is 17.0. The van der Waals surface area contributed by atoms with Crippen LogP contribution in [0.1, 0.15) is 25.0 Å². The lowest BCUT2D eigenvalue weighted by molar-refractivity contribution is 0.660. The number of para-hydroxylation sites is 2. The predicted molar refractivity (Wildman–Crippen MR) is 310 cm³/mol. The summed E-state index contributed by atoms with van der Waals surface area (Å²) in [7, 11) is 0. The van der Waals surface area contributed by atoms with Crippen LogP contribution in [0.15, 0.2) is 261 Å². The summed E-state index contributed by atoms with van der Waals surface area (Å²) in [5, 5.41) is 10.6. The summed E-state index contributed by atoms with van der Waals surface area (Å²) in [6.45, 7) is 4.74. The number of pyridine rings is 1. The minimum absolute atomic E-state index is 0.194. The normalized spacial score (nSPS) is 12.6. The maximum atomic E-state index is 5.73. The van der Waals surface area contributed by atoms with Gasteiger partial charge in [0, 0.05) is 44.8 Å². The van der Waals surface area contributed by atoms with E-state index in [2.05, 4.69) is 285 Å². The second kappa shape index (κ2) is 16.9. The van der Waals surface area contributed by atoms with Crippen molar-refractivity contribution < 1.29 is 0 Å². The summed E-state index contributed by atoms with van der Waals surface area (Å²) in [6.07, 6.45) is 2.09. The van der Waals surface area contributed by atoms with Gasteiger partial charge in [0.1, 0.15) is 0 Å². The first-order valence-corrected chi connectivity index (χ1v) is 25.3. The molecule has 0 aliphatic heterocycles. The van der Waals surface area contributed by atoms with Crippen molar-refractivity contribution in [3.05, 3.63) is 272 Å². The van der Waals surface area contributed by atoms with Crippen LogP contribution in [0.2, 0.25) is 0 Å². The fourth-order valence-electron chi connectivity index (χ4n) is 11.8. The molecule has 1 aliphatic carbocycles. The molecular weight excluding hydrogens is 883 g/mol. The molecule has 13 aromatic rings. The Morgan fingerprint density at radius 3 is 1.41 bits per heavy atom. The fraction of sp³-hybridized carbons (Fsp3) is 0.0429. The molecular formula is C70H49N3. The van der Waals surface area contributed by atoms with E-state index in [9.17, 15) is 0 Å². The van der Waals surface area contributed by atoms with E-state index in [0.29, 0.717) is 0 Å². The number of aromatic nitrogens is 1. The summed E-state index contributed by atoms with van der Waals surface area (Å²) < 4.78 is 0. The van der Waals surface area contributed by atoms with Crippen molar-refractivity contribution in [1.82, 2.24) is 4.98 Å². The molecule has 1 heterocycles. The molecule has 0 bridgehead atoms. The van der Waals surface area contributed by atoms with Crippen molar-refractivity contribution in [2.45, 2.75) is 19.3 Å². The maximum absolute atomic E-state index is 5.73. The molecule has 14 rings (SSSR count). The van der Waals surface area contributed by atoms with Gasteiger partial charge in [-0.1, -0.05) is 190 Å². The fourth-order valence-corrected chi connectivity index (χ4v) is 11.8. The third kappa shape index (κ3) is 7.07. The van der Waals surface area contributed by atoms with Gasteiger partial charge >= 0.3 is 0 Å². The third-order valence-corrected chi connectivity index (χ3v) is 15.4. The van der Waals surface area contributed by atoms with Crippen molar-refractivity contribution >= 4 is 88.1 Å². The molecule has 0 unspecified atom stereocenters. The predicted octanol–water partition coefficient (Wildman–Crippen LogP) is 19.4. The van der Waals surface area contributed by atoms with Crippen LogP contribution >= 0.6 is 0 Å². The Labute approximate surface area is 425 Å². The van der Waals surface area contributed by atoms with Crippen molar-refractivity contribution in [2.24, 2.45) is 0 Å². The maximum Gasteiger partial charge on any atom is 0.0794 e. The first kappa shape index (κ1) is 42.6. The Balaban J connectivity index is 1.09. The smallest absolute Gasteiger partial charge is 0.0794 e. The van der Waals surface area contributed by atoms with Gasteiger partial charge in [-0.2, -0.15) is 0 Å². The zero-order chi connectivity index (χ0) is 48.6. The average molecular weight is 932 g/mol. The van der Waals surface area contributed by atoms with Crippen LogP contribution in [0.4, 0.5) is 34.1 Å². The molecule has 0 fully saturated rings. The monoisotopic (exact) mass is 931 g/mol. The van der Waals surface area contributed by atoms with Crippen LogP contribution in [0.3, 0.4) is 0 Å². The van der Waals surface area contributed by atoms with Gasteiger partial charge in [0.05, 0.1) is 17.4 Å². The van der Waals surface area contributed by atoms with E-state index in [1.165, 1.54) is 54.6 Å². The highest BCUT2D eigenvalue weighted by molar-refractivity contribution is 6.22. The lowest BCUT2D eigenvalue weighted by Crippen LogP contribution is -2.15. The minimum Gasteiger partial charge on any atom is -0.310 e. The Morgan fingerprint density at radius 1 is 0.301 bits per heavy atom. The highest BCUT2D eigenvalue weighted by Crippen LogP contribution is 2.53. The zero-order valence-corrected chi connectivity index (χ0v) is 40.7. The van der Waals surface area contributed by atoms with Crippen LogP contribution in [0, 0.1) is 0 Å². The summed E-state index contributed by atoms with van der Waals surface area (Å²) in [4.78, 5) is 10.5.